The van der Waals surface area contributed by atoms with Gasteiger partial charge in [0.2, 0.25) is 0 Å². The number of amides is 2. The molecule has 154 valence electrons. The van der Waals surface area contributed by atoms with Crippen molar-refractivity contribution >= 4 is 6.03 Å². The fourth-order valence-corrected chi connectivity index (χ4v) is 4.98. The van der Waals surface area contributed by atoms with Gasteiger partial charge in [-0.3, -0.25) is 4.90 Å². The maximum Gasteiger partial charge on any atom is 0.320 e. The second-order valence-electron chi connectivity index (χ2n) is 8.59. The molecule has 0 saturated carbocycles. The Morgan fingerprint density at radius 2 is 1.79 bits per heavy atom. The molecule has 2 fully saturated rings. The maximum absolute atomic E-state index is 12.9. The first kappa shape index (κ1) is 19.8. The second kappa shape index (κ2) is 8.07. The van der Waals surface area contributed by atoms with Gasteiger partial charge in [0.1, 0.15) is 5.75 Å². The number of carbonyl (C=O) groups is 1. The number of benzene rings is 2. The number of ether oxygens (including phenoxy) is 1. The van der Waals surface area contributed by atoms with Crippen LogP contribution in [0.4, 0.5) is 4.79 Å². The number of fused-ring (bicyclic) bond motifs is 1. The standard InChI is InChI=1S/C24H31N3O2/c1-17-7-5-6-8-19(17)13-26-14-20-15-27(24(28)25(2)3)23(22(20)16-26)18-9-11-21(29-4)12-10-18/h5-12,20,22-23H,13-16H2,1-4H3/t20-,22-,23+/m1/s1. The molecule has 2 aliphatic heterocycles. The molecule has 29 heavy (non-hydrogen) atoms. The number of hydrogen-bond acceptors (Lipinski definition) is 3. The zero-order valence-electron chi connectivity index (χ0n) is 17.8. The van der Waals surface area contributed by atoms with Crippen LogP contribution in [0.5, 0.6) is 5.75 Å². The molecular weight excluding hydrogens is 362 g/mol. The molecule has 3 atom stereocenters. The van der Waals surface area contributed by atoms with E-state index in [2.05, 4.69) is 53.1 Å². The van der Waals surface area contributed by atoms with Crippen LogP contribution < -0.4 is 4.74 Å². The summed E-state index contributed by atoms with van der Waals surface area (Å²) in [5.41, 5.74) is 3.95. The van der Waals surface area contributed by atoms with E-state index in [-0.39, 0.29) is 12.1 Å². The first-order valence-corrected chi connectivity index (χ1v) is 10.4. The van der Waals surface area contributed by atoms with Crippen molar-refractivity contribution < 1.29 is 9.53 Å². The first-order valence-electron chi connectivity index (χ1n) is 10.4. The monoisotopic (exact) mass is 393 g/mol. The average molecular weight is 394 g/mol. The highest BCUT2D eigenvalue weighted by atomic mass is 16.5. The molecule has 0 bridgehead atoms. The summed E-state index contributed by atoms with van der Waals surface area (Å²) in [7, 11) is 5.36. The highest BCUT2D eigenvalue weighted by molar-refractivity contribution is 5.75. The van der Waals surface area contributed by atoms with E-state index < -0.39 is 0 Å². The van der Waals surface area contributed by atoms with Crippen LogP contribution >= 0.6 is 0 Å². The summed E-state index contributed by atoms with van der Waals surface area (Å²) in [5, 5.41) is 0. The Balaban J connectivity index is 1.57. The van der Waals surface area contributed by atoms with Gasteiger partial charge < -0.3 is 14.5 Å². The van der Waals surface area contributed by atoms with E-state index >= 15 is 0 Å². The van der Waals surface area contributed by atoms with Gasteiger partial charge in [0.15, 0.2) is 0 Å². The molecular formula is C24H31N3O2. The van der Waals surface area contributed by atoms with Crippen molar-refractivity contribution in [2.45, 2.75) is 19.5 Å². The van der Waals surface area contributed by atoms with Crippen molar-refractivity contribution in [2.24, 2.45) is 11.8 Å². The van der Waals surface area contributed by atoms with Gasteiger partial charge in [-0.2, -0.15) is 0 Å². The SMILES string of the molecule is COc1ccc([C@H]2[C@@H]3CN(Cc4ccccc4C)C[C@@H]3CN2C(=O)N(C)C)cc1. The number of rotatable bonds is 4. The molecule has 0 spiro atoms. The number of hydrogen-bond donors (Lipinski definition) is 0. The minimum absolute atomic E-state index is 0.102. The molecule has 2 saturated heterocycles. The summed E-state index contributed by atoms with van der Waals surface area (Å²) in [6.07, 6.45) is 0. The summed E-state index contributed by atoms with van der Waals surface area (Å²) < 4.78 is 5.33. The van der Waals surface area contributed by atoms with E-state index in [4.69, 9.17) is 4.74 Å². The second-order valence-corrected chi connectivity index (χ2v) is 8.59. The molecule has 0 aromatic heterocycles. The molecule has 2 aliphatic rings. The summed E-state index contributed by atoms with van der Waals surface area (Å²) in [5.74, 6) is 1.81. The lowest BCUT2D eigenvalue weighted by molar-refractivity contribution is 0.151. The Bertz CT molecular complexity index is 865. The zero-order chi connectivity index (χ0) is 20.5. The summed E-state index contributed by atoms with van der Waals surface area (Å²) in [4.78, 5) is 19.2. The number of urea groups is 1. The predicted octanol–water partition coefficient (Wildman–Crippen LogP) is 3.79. The Kier molecular flexibility index (Phi) is 5.50. The Hall–Kier alpha value is -2.53. The molecule has 0 N–H and O–H groups in total. The lowest BCUT2D eigenvalue weighted by atomic mass is 9.89. The number of carbonyl (C=O) groups excluding carboxylic acids is 1. The molecule has 2 amide bonds. The lowest BCUT2D eigenvalue weighted by Crippen LogP contribution is -2.41. The molecule has 5 nitrogen and oxygen atoms in total. The van der Waals surface area contributed by atoms with E-state index in [1.807, 2.05) is 26.2 Å². The van der Waals surface area contributed by atoms with Crippen LogP contribution in [-0.2, 0) is 6.54 Å². The van der Waals surface area contributed by atoms with Crippen LogP contribution in [0, 0.1) is 18.8 Å². The highest BCUT2D eigenvalue weighted by Gasteiger charge is 2.49. The van der Waals surface area contributed by atoms with Crippen molar-refractivity contribution in [1.29, 1.82) is 0 Å². The van der Waals surface area contributed by atoms with Crippen LogP contribution in [0.25, 0.3) is 0 Å². The topological polar surface area (TPSA) is 36.0 Å². The van der Waals surface area contributed by atoms with E-state index in [0.29, 0.717) is 11.8 Å². The Morgan fingerprint density at radius 1 is 1.07 bits per heavy atom. The third-order valence-corrected chi connectivity index (χ3v) is 6.48. The van der Waals surface area contributed by atoms with Gasteiger partial charge in [0.05, 0.1) is 13.2 Å². The molecule has 0 radical (unpaired) electrons. The quantitative estimate of drug-likeness (QED) is 0.793. The normalized spacial score (nSPS) is 23.9. The average Bonchev–Trinajstić information content (AvgIpc) is 3.26. The van der Waals surface area contributed by atoms with Gasteiger partial charge in [0.25, 0.3) is 0 Å². The Labute approximate surface area is 173 Å². The summed E-state index contributed by atoms with van der Waals surface area (Å²) in [6.45, 7) is 6.05. The van der Waals surface area contributed by atoms with Crippen molar-refractivity contribution in [3.63, 3.8) is 0 Å². The molecule has 0 unspecified atom stereocenters. The largest absolute Gasteiger partial charge is 0.497 e. The highest BCUT2D eigenvalue weighted by Crippen LogP contribution is 2.45. The lowest BCUT2D eigenvalue weighted by Gasteiger charge is -2.32. The molecule has 0 aliphatic carbocycles. The van der Waals surface area contributed by atoms with E-state index in [9.17, 15) is 4.79 Å². The van der Waals surface area contributed by atoms with Gasteiger partial charge in [-0.25, -0.2) is 4.79 Å². The number of aryl methyl sites for hydroxylation is 1. The van der Waals surface area contributed by atoms with E-state index in [1.165, 1.54) is 16.7 Å². The van der Waals surface area contributed by atoms with Crippen LogP contribution in [0.15, 0.2) is 48.5 Å². The zero-order valence-corrected chi connectivity index (χ0v) is 17.8. The maximum atomic E-state index is 12.9. The number of nitrogens with zero attached hydrogens (tertiary/aromatic N) is 3. The van der Waals surface area contributed by atoms with Crippen molar-refractivity contribution in [2.75, 3.05) is 40.8 Å². The van der Waals surface area contributed by atoms with Crippen molar-refractivity contribution in [3.05, 3.63) is 65.2 Å². The summed E-state index contributed by atoms with van der Waals surface area (Å²) in [6, 6.07) is 17.1. The molecule has 2 heterocycles. The first-order chi connectivity index (χ1) is 14.0. The van der Waals surface area contributed by atoms with Crippen molar-refractivity contribution in [3.8, 4) is 5.75 Å². The Morgan fingerprint density at radius 3 is 2.45 bits per heavy atom. The minimum atomic E-state index is 0.102. The van der Waals surface area contributed by atoms with E-state index in [0.717, 1.165) is 31.9 Å². The van der Waals surface area contributed by atoms with Crippen LogP contribution in [-0.4, -0.2) is 61.6 Å². The van der Waals surface area contributed by atoms with Gasteiger partial charge in [0, 0.05) is 46.2 Å². The van der Waals surface area contributed by atoms with Crippen LogP contribution in [0.2, 0.25) is 0 Å². The van der Waals surface area contributed by atoms with Crippen molar-refractivity contribution in [1.82, 2.24) is 14.7 Å². The third kappa shape index (κ3) is 3.84. The van der Waals surface area contributed by atoms with Gasteiger partial charge in [-0.1, -0.05) is 36.4 Å². The molecule has 2 aromatic carbocycles. The smallest absolute Gasteiger partial charge is 0.320 e. The fraction of sp³-hybridized carbons (Fsp3) is 0.458. The number of methoxy groups -OCH3 is 1. The van der Waals surface area contributed by atoms with Crippen LogP contribution in [0.3, 0.4) is 0 Å². The predicted molar refractivity (Wildman–Crippen MR) is 115 cm³/mol. The van der Waals surface area contributed by atoms with E-state index in [1.54, 1.807) is 12.0 Å². The van der Waals surface area contributed by atoms with Gasteiger partial charge in [-0.05, 0) is 41.7 Å². The number of likely N-dealkylation sites (tertiary alicyclic amines) is 2. The fourth-order valence-electron chi connectivity index (χ4n) is 4.98. The van der Waals surface area contributed by atoms with Gasteiger partial charge in [-0.15, -0.1) is 0 Å². The third-order valence-electron chi connectivity index (χ3n) is 6.48. The molecule has 4 rings (SSSR count). The molecule has 2 aromatic rings. The summed E-state index contributed by atoms with van der Waals surface area (Å²) >= 11 is 0. The van der Waals surface area contributed by atoms with Crippen LogP contribution in [0.1, 0.15) is 22.7 Å². The van der Waals surface area contributed by atoms with Gasteiger partial charge >= 0.3 is 6.03 Å². The molecule has 5 heteroatoms. The minimum Gasteiger partial charge on any atom is -0.497 e.